The van der Waals surface area contributed by atoms with E-state index in [1.165, 1.54) is 6.07 Å². The third-order valence-electron chi connectivity index (χ3n) is 3.44. The van der Waals surface area contributed by atoms with Crippen LogP contribution in [-0.4, -0.2) is 0 Å². The predicted molar refractivity (Wildman–Crippen MR) is 75.7 cm³/mol. The van der Waals surface area contributed by atoms with Gasteiger partial charge in [0.2, 0.25) is 0 Å². The Balaban J connectivity index is 2.54. The highest BCUT2D eigenvalue weighted by Gasteiger charge is 2.15. The molecule has 3 heteroatoms. The van der Waals surface area contributed by atoms with Crippen LogP contribution < -0.4 is 5.63 Å². The van der Waals surface area contributed by atoms with Gasteiger partial charge in [0.1, 0.15) is 16.9 Å². The van der Waals surface area contributed by atoms with E-state index >= 15 is 0 Å². The number of hydrogen-bond acceptors (Lipinski definition) is 3. The zero-order valence-corrected chi connectivity index (χ0v) is 11.4. The van der Waals surface area contributed by atoms with E-state index < -0.39 is 0 Å². The fraction of sp³-hybridized carbons (Fsp3) is 0.312. The zero-order chi connectivity index (χ0) is 13.6. The molecule has 1 aromatic carbocycles. The summed E-state index contributed by atoms with van der Waals surface area (Å²) in [5, 5.41) is 2.07. The molecule has 0 amide bonds. The van der Waals surface area contributed by atoms with Gasteiger partial charge in [0.15, 0.2) is 0 Å². The van der Waals surface area contributed by atoms with E-state index in [9.17, 15) is 4.79 Å². The van der Waals surface area contributed by atoms with Crippen LogP contribution in [0.5, 0.6) is 0 Å². The standard InChI is InChI=1S/C16H16O3/c1-4-5-12-15-11(7-10(3)18-15)8-13-9(2)6-14(17)19-16(12)13/h6-8H,4-5H2,1-3H3. The molecule has 2 aromatic heterocycles. The lowest BCUT2D eigenvalue weighted by molar-refractivity contribution is 0.548. The minimum atomic E-state index is -0.301. The van der Waals surface area contributed by atoms with E-state index in [0.717, 1.165) is 46.1 Å². The summed E-state index contributed by atoms with van der Waals surface area (Å²) in [5.74, 6) is 0.877. The van der Waals surface area contributed by atoms with Gasteiger partial charge >= 0.3 is 5.63 Å². The Kier molecular flexibility index (Phi) is 2.70. The molecule has 3 nitrogen and oxygen atoms in total. The highest BCUT2D eigenvalue weighted by molar-refractivity contribution is 5.98. The Morgan fingerprint density at radius 1 is 1.05 bits per heavy atom. The third kappa shape index (κ3) is 1.86. The zero-order valence-electron chi connectivity index (χ0n) is 11.4. The summed E-state index contributed by atoms with van der Waals surface area (Å²) >= 11 is 0. The van der Waals surface area contributed by atoms with Gasteiger partial charge < -0.3 is 8.83 Å². The molecule has 19 heavy (non-hydrogen) atoms. The maximum Gasteiger partial charge on any atom is 0.336 e. The highest BCUT2D eigenvalue weighted by Crippen LogP contribution is 2.32. The average Bonchev–Trinajstić information content (AvgIpc) is 2.71. The van der Waals surface area contributed by atoms with Gasteiger partial charge in [-0.2, -0.15) is 0 Å². The maximum atomic E-state index is 11.6. The molecule has 0 aliphatic rings. The number of fused-ring (bicyclic) bond motifs is 2. The molecule has 0 fully saturated rings. The molecule has 0 spiro atoms. The van der Waals surface area contributed by atoms with E-state index in [4.69, 9.17) is 8.83 Å². The smallest absolute Gasteiger partial charge is 0.336 e. The monoisotopic (exact) mass is 256 g/mol. The Labute approximate surface area is 110 Å². The van der Waals surface area contributed by atoms with Gasteiger partial charge in [-0.25, -0.2) is 4.79 Å². The van der Waals surface area contributed by atoms with Gasteiger partial charge in [0.05, 0.1) is 0 Å². The van der Waals surface area contributed by atoms with Crippen molar-refractivity contribution >= 4 is 21.9 Å². The molecule has 0 saturated carbocycles. The van der Waals surface area contributed by atoms with Gasteiger partial charge in [-0.1, -0.05) is 13.3 Å². The molecular formula is C16H16O3. The summed E-state index contributed by atoms with van der Waals surface area (Å²) in [6.07, 6.45) is 1.82. The Bertz CT molecular complexity index is 821. The van der Waals surface area contributed by atoms with Crippen molar-refractivity contribution < 1.29 is 8.83 Å². The fourth-order valence-electron chi connectivity index (χ4n) is 2.63. The van der Waals surface area contributed by atoms with Crippen LogP contribution in [0.1, 0.15) is 30.2 Å². The SMILES string of the molecule is CCCc1c2oc(C)cc2cc2c(C)cc(=O)oc12. The van der Waals surface area contributed by atoms with Crippen LogP contribution in [0.2, 0.25) is 0 Å². The molecule has 0 saturated heterocycles. The summed E-state index contributed by atoms with van der Waals surface area (Å²) in [7, 11) is 0. The normalized spacial score (nSPS) is 11.5. The topological polar surface area (TPSA) is 43.4 Å². The summed E-state index contributed by atoms with van der Waals surface area (Å²) in [4.78, 5) is 11.6. The van der Waals surface area contributed by atoms with Crippen molar-refractivity contribution in [2.45, 2.75) is 33.6 Å². The number of benzene rings is 1. The maximum absolute atomic E-state index is 11.6. The quantitative estimate of drug-likeness (QED) is 0.648. The van der Waals surface area contributed by atoms with Crippen molar-refractivity contribution in [1.82, 2.24) is 0 Å². The first-order valence-electron chi connectivity index (χ1n) is 6.56. The first-order valence-corrected chi connectivity index (χ1v) is 6.56. The van der Waals surface area contributed by atoms with Crippen molar-refractivity contribution in [1.29, 1.82) is 0 Å². The lowest BCUT2D eigenvalue weighted by atomic mass is 10.0. The lowest BCUT2D eigenvalue weighted by Crippen LogP contribution is -2.00. The Hall–Kier alpha value is -2.03. The average molecular weight is 256 g/mol. The summed E-state index contributed by atoms with van der Waals surface area (Å²) in [6, 6.07) is 5.61. The molecular weight excluding hydrogens is 240 g/mol. The molecule has 0 atom stereocenters. The van der Waals surface area contributed by atoms with Crippen molar-refractivity contribution in [3.8, 4) is 0 Å². The molecule has 2 heterocycles. The molecule has 98 valence electrons. The minimum Gasteiger partial charge on any atom is -0.461 e. The lowest BCUT2D eigenvalue weighted by Gasteiger charge is -2.07. The molecule has 3 rings (SSSR count). The van der Waals surface area contributed by atoms with Crippen molar-refractivity contribution in [3.63, 3.8) is 0 Å². The number of hydrogen-bond donors (Lipinski definition) is 0. The van der Waals surface area contributed by atoms with Crippen LogP contribution in [0.4, 0.5) is 0 Å². The molecule has 0 unspecified atom stereocenters. The van der Waals surface area contributed by atoms with Crippen molar-refractivity contribution in [2.75, 3.05) is 0 Å². The van der Waals surface area contributed by atoms with Gasteiger partial charge in [0.25, 0.3) is 0 Å². The predicted octanol–water partition coefficient (Wildman–Crippen LogP) is 4.11. The van der Waals surface area contributed by atoms with Crippen LogP contribution in [0.3, 0.4) is 0 Å². The van der Waals surface area contributed by atoms with E-state index in [2.05, 4.69) is 6.92 Å². The summed E-state index contributed by atoms with van der Waals surface area (Å²) in [6.45, 7) is 5.98. The van der Waals surface area contributed by atoms with Gasteiger partial charge in [-0.15, -0.1) is 0 Å². The minimum absolute atomic E-state index is 0.301. The van der Waals surface area contributed by atoms with Crippen molar-refractivity contribution in [2.24, 2.45) is 0 Å². The second kappa shape index (κ2) is 4.26. The molecule has 0 bridgehead atoms. The molecule has 3 aromatic rings. The molecule has 0 N–H and O–H groups in total. The van der Waals surface area contributed by atoms with Gasteiger partial charge in [0, 0.05) is 22.4 Å². The van der Waals surface area contributed by atoms with Crippen molar-refractivity contribution in [3.05, 3.63) is 45.5 Å². The van der Waals surface area contributed by atoms with E-state index in [1.807, 2.05) is 26.0 Å². The number of furan rings is 1. The first-order chi connectivity index (χ1) is 9.10. The van der Waals surface area contributed by atoms with E-state index in [0.29, 0.717) is 5.58 Å². The first kappa shape index (κ1) is 12.0. The highest BCUT2D eigenvalue weighted by atomic mass is 16.4. The van der Waals surface area contributed by atoms with Crippen LogP contribution in [0.15, 0.2) is 31.8 Å². The van der Waals surface area contributed by atoms with Crippen LogP contribution >= 0.6 is 0 Å². The number of rotatable bonds is 2. The van der Waals surface area contributed by atoms with Crippen LogP contribution in [0.25, 0.3) is 21.9 Å². The second-order valence-corrected chi connectivity index (χ2v) is 5.01. The van der Waals surface area contributed by atoms with Gasteiger partial charge in [-0.3, -0.25) is 0 Å². The fourth-order valence-corrected chi connectivity index (χ4v) is 2.63. The largest absolute Gasteiger partial charge is 0.461 e. The van der Waals surface area contributed by atoms with E-state index in [-0.39, 0.29) is 5.63 Å². The van der Waals surface area contributed by atoms with Gasteiger partial charge in [-0.05, 0) is 38.0 Å². The molecule has 0 radical (unpaired) electrons. The second-order valence-electron chi connectivity index (χ2n) is 5.01. The Morgan fingerprint density at radius 2 is 1.84 bits per heavy atom. The summed E-state index contributed by atoms with van der Waals surface area (Å²) < 4.78 is 11.2. The molecule has 0 aliphatic heterocycles. The summed E-state index contributed by atoms with van der Waals surface area (Å²) in [5.41, 5.74) is 3.17. The Morgan fingerprint density at radius 3 is 2.58 bits per heavy atom. The molecule has 0 aliphatic carbocycles. The number of aryl methyl sites for hydroxylation is 3. The van der Waals surface area contributed by atoms with Crippen LogP contribution in [-0.2, 0) is 6.42 Å². The van der Waals surface area contributed by atoms with E-state index in [1.54, 1.807) is 0 Å². The third-order valence-corrected chi connectivity index (χ3v) is 3.44. The van der Waals surface area contributed by atoms with Crippen LogP contribution in [0, 0.1) is 13.8 Å².